The number of sulfonamides is 1. The molecule has 0 atom stereocenters. The third-order valence-electron chi connectivity index (χ3n) is 6.18. The Labute approximate surface area is 189 Å². The molecule has 1 amide bonds. The van der Waals surface area contributed by atoms with E-state index in [-0.39, 0.29) is 16.8 Å². The molecule has 0 saturated heterocycles. The van der Waals surface area contributed by atoms with Gasteiger partial charge >= 0.3 is 0 Å². The Bertz CT molecular complexity index is 1150. The first kappa shape index (κ1) is 22.5. The van der Waals surface area contributed by atoms with Gasteiger partial charge in [0.1, 0.15) is 5.82 Å². The highest BCUT2D eigenvalue weighted by atomic mass is 32.2. The smallest absolute Gasteiger partial charge is 0.251 e. The lowest BCUT2D eigenvalue weighted by atomic mass is 9.96. The topological polar surface area (TPSA) is 95.2 Å². The summed E-state index contributed by atoms with van der Waals surface area (Å²) in [5.41, 5.74) is 2.29. The molecule has 0 unspecified atom stereocenters. The highest BCUT2D eigenvalue weighted by molar-refractivity contribution is 7.89. The van der Waals surface area contributed by atoms with Crippen LogP contribution in [-0.4, -0.2) is 48.2 Å². The SMILES string of the molecule is CN(C1CCCCC1)S(=O)(=O)c1cccc(C(=O)NCCCc2nc3ccccc3[nH]2)c1. The van der Waals surface area contributed by atoms with Crippen LogP contribution in [0, 0.1) is 0 Å². The van der Waals surface area contributed by atoms with E-state index >= 15 is 0 Å². The minimum atomic E-state index is -3.63. The standard InChI is InChI=1S/C24H30N4O3S/c1-28(19-10-3-2-4-11-19)32(30,31)20-12-7-9-18(17-20)24(29)25-16-8-15-23-26-21-13-5-6-14-22(21)27-23/h5-7,9,12-14,17,19H,2-4,8,10-11,15-16H2,1H3,(H,25,29)(H,26,27). The van der Waals surface area contributed by atoms with Crippen molar-refractivity contribution in [1.29, 1.82) is 0 Å². The second-order valence-electron chi connectivity index (χ2n) is 8.40. The zero-order valence-electron chi connectivity index (χ0n) is 18.4. The lowest BCUT2D eigenvalue weighted by molar-refractivity contribution is 0.0953. The van der Waals surface area contributed by atoms with Crippen LogP contribution in [0.2, 0.25) is 0 Å². The second-order valence-corrected chi connectivity index (χ2v) is 10.4. The molecule has 7 nitrogen and oxygen atoms in total. The summed E-state index contributed by atoms with van der Waals surface area (Å²) < 4.78 is 27.6. The monoisotopic (exact) mass is 454 g/mol. The summed E-state index contributed by atoms with van der Waals surface area (Å²) in [6.07, 6.45) is 6.50. The molecule has 0 aliphatic heterocycles. The van der Waals surface area contributed by atoms with E-state index in [1.807, 2.05) is 24.3 Å². The van der Waals surface area contributed by atoms with Crippen molar-refractivity contribution in [1.82, 2.24) is 19.6 Å². The molecule has 3 aromatic rings. The van der Waals surface area contributed by atoms with E-state index in [0.717, 1.165) is 61.8 Å². The summed E-state index contributed by atoms with van der Waals surface area (Å²) >= 11 is 0. The van der Waals surface area contributed by atoms with Gasteiger partial charge in [0.05, 0.1) is 15.9 Å². The maximum Gasteiger partial charge on any atom is 0.251 e. The van der Waals surface area contributed by atoms with Gasteiger partial charge in [-0.3, -0.25) is 4.79 Å². The Morgan fingerprint density at radius 1 is 1.12 bits per heavy atom. The van der Waals surface area contributed by atoms with Gasteiger partial charge in [-0.15, -0.1) is 0 Å². The van der Waals surface area contributed by atoms with Crippen molar-refractivity contribution in [3.63, 3.8) is 0 Å². The predicted octanol–water partition coefficient (Wildman–Crippen LogP) is 3.88. The third-order valence-corrected chi connectivity index (χ3v) is 8.08. The van der Waals surface area contributed by atoms with Crippen molar-refractivity contribution in [2.45, 2.75) is 55.9 Å². The fraction of sp³-hybridized carbons (Fsp3) is 0.417. The number of fused-ring (bicyclic) bond motifs is 1. The average Bonchev–Trinajstić information content (AvgIpc) is 3.25. The number of rotatable bonds is 8. The number of H-pyrrole nitrogens is 1. The Kier molecular flexibility index (Phi) is 6.91. The number of para-hydroxylation sites is 2. The van der Waals surface area contributed by atoms with E-state index in [4.69, 9.17) is 0 Å². The molecule has 2 aromatic carbocycles. The Morgan fingerprint density at radius 2 is 1.91 bits per heavy atom. The molecular formula is C24H30N4O3S. The number of carbonyl (C=O) groups excluding carboxylic acids is 1. The molecule has 2 N–H and O–H groups in total. The van der Waals surface area contributed by atoms with E-state index in [1.54, 1.807) is 25.2 Å². The van der Waals surface area contributed by atoms with Gasteiger partial charge in [-0.1, -0.05) is 37.5 Å². The molecule has 32 heavy (non-hydrogen) atoms. The van der Waals surface area contributed by atoms with Crippen molar-refractivity contribution >= 4 is 27.0 Å². The van der Waals surface area contributed by atoms with Crippen molar-refractivity contribution in [2.75, 3.05) is 13.6 Å². The number of hydrogen-bond acceptors (Lipinski definition) is 4. The van der Waals surface area contributed by atoms with Crippen LogP contribution in [0.5, 0.6) is 0 Å². The van der Waals surface area contributed by atoms with Crippen molar-refractivity contribution in [3.05, 3.63) is 59.9 Å². The van der Waals surface area contributed by atoms with Crippen molar-refractivity contribution < 1.29 is 13.2 Å². The molecule has 1 aliphatic rings. The summed E-state index contributed by atoms with van der Waals surface area (Å²) in [7, 11) is -1.98. The number of hydrogen-bond donors (Lipinski definition) is 2. The van der Waals surface area contributed by atoms with Gasteiger partial charge in [-0.25, -0.2) is 13.4 Å². The van der Waals surface area contributed by atoms with Gasteiger partial charge in [-0.2, -0.15) is 4.31 Å². The highest BCUT2D eigenvalue weighted by Crippen LogP contribution is 2.26. The minimum Gasteiger partial charge on any atom is -0.352 e. The summed E-state index contributed by atoms with van der Waals surface area (Å²) in [6.45, 7) is 0.481. The highest BCUT2D eigenvalue weighted by Gasteiger charge is 2.29. The minimum absolute atomic E-state index is 0.0319. The van der Waals surface area contributed by atoms with Crippen LogP contribution in [0.4, 0.5) is 0 Å². The van der Waals surface area contributed by atoms with Gasteiger partial charge in [-0.05, 0) is 49.6 Å². The quantitative estimate of drug-likeness (QED) is 0.505. The Balaban J connectivity index is 1.34. The van der Waals surface area contributed by atoms with Crippen molar-refractivity contribution in [2.24, 2.45) is 0 Å². The number of amides is 1. The average molecular weight is 455 g/mol. The zero-order chi connectivity index (χ0) is 22.6. The molecule has 170 valence electrons. The molecular weight excluding hydrogens is 424 g/mol. The maximum absolute atomic E-state index is 13.1. The zero-order valence-corrected chi connectivity index (χ0v) is 19.2. The number of aromatic amines is 1. The molecule has 0 bridgehead atoms. The van der Waals surface area contributed by atoms with Gasteiger partial charge < -0.3 is 10.3 Å². The first-order valence-electron chi connectivity index (χ1n) is 11.2. The largest absolute Gasteiger partial charge is 0.352 e. The van der Waals surface area contributed by atoms with E-state index < -0.39 is 10.0 Å². The molecule has 4 rings (SSSR count). The maximum atomic E-state index is 13.1. The molecule has 1 fully saturated rings. The van der Waals surface area contributed by atoms with Crippen molar-refractivity contribution in [3.8, 4) is 0 Å². The molecule has 1 aromatic heterocycles. The van der Waals surface area contributed by atoms with Crippen LogP contribution < -0.4 is 5.32 Å². The van der Waals surface area contributed by atoms with Gasteiger partial charge in [0, 0.05) is 31.6 Å². The van der Waals surface area contributed by atoms with E-state index in [0.29, 0.717) is 12.1 Å². The predicted molar refractivity (Wildman–Crippen MR) is 125 cm³/mol. The Hall–Kier alpha value is -2.71. The van der Waals surface area contributed by atoms with E-state index in [1.165, 1.54) is 10.4 Å². The first-order valence-corrected chi connectivity index (χ1v) is 12.7. The number of aromatic nitrogens is 2. The number of benzene rings is 2. The molecule has 8 heteroatoms. The molecule has 0 spiro atoms. The number of nitrogens with zero attached hydrogens (tertiary/aromatic N) is 2. The fourth-order valence-corrected chi connectivity index (χ4v) is 5.75. The summed E-state index contributed by atoms with van der Waals surface area (Å²) in [5.74, 6) is 0.617. The van der Waals surface area contributed by atoms with Crippen LogP contribution in [0.25, 0.3) is 11.0 Å². The van der Waals surface area contributed by atoms with Crippen LogP contribution >= 0.6 is 0 Å². The number of carbonyl (C=O) groups is 1. The molecule has 1 saturated carbocycles. The van der Waals surface area contributed by atoms with Gasteiger partial charge in [0.15, 0.2) is 0 Å². The first-order chi connectivity index (χ1) is 15.4. The summed E-state index contributed by atoms with van der Waals surface area (Å²) in [4.78, 5) is 20.6. The molecule has 1 heterocycles. The lowest BCUT2D eigenvalue weighted by Crippen LogP contribution is -2.38. The van der Waals surface area contributed by atoms with Gasteiger partial charge in [0.25, 0.3) is 5.91 Å². The van der Waals surface area contributed by atoms with Crippen LogP contribution in [-0.2, 0) is 16.4 Å². The number of aryl methyl sites for hydroxylation is 1. The van der Waals surface area contributed by atoms with Gasteiger partial charge in [0.2, 0.25) is 10.0 Å². The number of imidazole rings is 1. The van der Waals surface area contributed by atoms with E-state index in [9.17, 15) is 13.2 Å². The fourth-order valence-electron chi connectivity index (χ4n) is 4.29. The molecule has 0 radical (unpaired) electrons. The summed E-state index contributed by atoms with van der Waals surface area (Å²) in [5, 5.41) is 2.89. The van der Waals surface area contributed by atoms with Crippen LogP contribution in [0.15, 0.2) is 53.4 Å². The third kappa shape index (κ3) is 5.02. The molecule has 1 aliphatic carbocycles. The summed E-state index contributed by atoms with van der Waals surface area (Å²) in [6, 6.07) is 14.2. The number of nitrogens with one attached hydrogen (secondary N) is 2. The van der Waals surface area contributed by atoms with E-state index in [2.05, 4.69) is 15.3 Å². The van der Waals surface area contributed by atoms with Crippen LogP contribution in [0.1, 0.15) is 54.7 Å². The second kappa shape index (κ2) is 9.83. The van der Waals surface area contributed by atoms with Crippen LogP contribution in [0.3, 0.4) is 0 Å². The Morgan fingerprint density at radius 3 is 2.69 bits per heavy atom. The lowest BCUT2D eigenvalue weighted by Gasteiger charge is -2.30. The normalized spacial score (nSPS) is 15.3.